The van der Waals surface area contributed by atoms with Crippen LogP contribution in [0.1, 0.15) is 33.1 Å². The maximum atomic E-state index is 11.0. The maximum Gasteiger partial charge on any atom is 0.136 e. The number of ether oxygens (including phenoxy) is 2. The third-order valence-electron chi connectivity index (χ3n) is 3.65. The summed E-state index contributed by atoms with van der Waals surface area (Å²) in [5.74, 6) is 0.474. The number of hydrogen-bond acceptors (Lipinski definition) is 4. The molecule has 4 nitrogen and oxygen atoms in total. The summed E-state index contributed by atoms with van der Waals surface area (Å²) in [6.07, 6.45) is 3.22. The van der Waals surface area contributed by atoms with Gasteiger partial charge >= 0.3 is 0 Å². The Morgan fingerprint density at radius 3 is 2.40 bits per heavy atom. The van der Waals surface area contributed by atoms with Crippen LogP contribution in [0.3, 0.4) is 0 Å². The first-order valence-corrected chi connectivity index (χ1v) is 7.16. The second-order valence-electron chi connectivity index (χ2n) is 5.82. The van der Waals surface area contributed by atoms with Crippen molar-refractivity contribution >= 4 is 6.29 Å². The van der Waals surface area contributed by atoms with Gasteiger partial charge in [-0.3, -0.25) is 5.32 Å². The average Bonchev–Trinajstić information content (AvgIpc) is 2.40. The lowest BCUT2D eigenvalue weighted by molar-refractivity contribution is -0.111. The molecule has 0 aliphatic heterocycles. The molecule has 1 saturated carbocycles. The van der Waals surface area contributed by atoms with Crippen LogP contribution in [0.4, 0.5) is 0 Å². The summed E-state index contributed by atoms with van der Waals surface area (Å²) in [6.45, 7) is 12.5. The van der Waals surface area contributed by atoms with Crippen LogP contribution in [0.15, 0.2) is 24.3 Å². The molecule has 0 aromatic carbocycles. The standard InChI is InChI=1S/C16H27NO3/c1-11(2)6-14(9-18)17-10-20-16-8-13(4)12(3)7-15(16)19-5/h9,11,14-17H,3-4,6-8,10H2,1-2,5H3/t14?,15-,16?/m0/s1. The second kappa shape index (κ2) is 8.35. The van der Waals surface area contributed by atoms with Gasteiger partial charge in [-0.1, -0.05) is 27.0 Å². The summed E-state index contributed by atoms with van der Waals surface area (Å²) >= 11 is 0. The number of aldehydes is 1. The number of methoxy groups -OCH3 is 1. The number of rotatable bonds is 8. The van der Waals surface area contributed by atoms with Crippen LogP contribution in [0.2, 0.25) is 0 Å². The summed E-state index contributed by atoms with van der Waals surface area (Å²) in [5, 5.41) is 3.12. The van der Waals surface area contributed by atoms with Gasteiger partial charge in [0.15, 0.2) is 0 Å². The molecule has 1 aliphatic carbocycles. The van der Waals surface area contributed by atoms with Crippen LogP contribution in [-0.2, 0) is 14.3 Å². The molecule has 1 N–H and O–H groups in total. The highest BCUT2D eigenvalue weighted by atomic mass is 16.5. The van der Waals surface area contributed by atoms with E-state index in [1.54, 1.807) is 7.11 Å². The molecule has 0 aromatic heterocycles. The van der Waals surface area contributed by atoms with E-state index in [0.717, 1.165) is 36.7 Å². The Kier molecular flexibility index (Phi) is 7.13. The van der Waals surface area contributed by atoms with Gasteiger partial charge in [0.1, 0.15) is 6.29 Å². The Bertz CT molecular complexity index is 352. The highest BCUT2D eigenvalue weighted by Gasteiger charge is 2.29. The first-order valence-electron chi connectivity index (χ1n) is 7.16. The van der Waals surface area contributed by atoms with Crippen molar-refractivity contribution in [1.82, 2.24) is 5.32 Å². The topological polar surface area (TPSA) is 47.6 Å². The summed E-state index contributed by atoms with van der Waals surface area (Å²) < 4.78 is 11.3. The minimum absolute atomic E-state index is 0.00887. The zero-order valence-electron chi connectivity index (χ0n) is 12.9. The van der Waals surface area contributed by atoms with Crippen molar-refractivity contribution in [2.24, 2.45) is 5.92 Å². The molecule has 1 rings (SSSR count). The molecule has 0 radical (unpaired) electrons. The number of carbonyl (C=O) groups excluding carboxylic acids is 1. The van der Waals surface area contributed by atoms with E-state index in [0.29, 0.717) is 12.6 Å². The van der Waals surface area contributed by atoms with Crippen molar-refractivity contribution < 1.29 is 14.3 Å². The van der Waals surface area contributed by atoms with Crippen molar-refractivity contribution in [3.63, 3.8) is 0 Å². The van der Waals surface area contributed by atoms with Crippen molar-refractivity contribution in [3.8, 4) is 0 Å². The van der Waals surface area contributed by atoms with Crippen LogP contribution in [0, 0.1) is 5.92 Å². The quantitative estimate of drug-likeness (QED) is 0.548. The Balaban J connectivity index is 2.41. The normalized spacial score (nSPS) is 25.0. The van der Waals surface area contributed by atoms with Gasteiger partial charge in [0, 0.05) is 20.0 Å². The lowest BCUT2D eigenvalue weighted by Crippen LogP contribution is -2.40. The lowest BCUT2D eigenvalue weighted by Gasteiger charge is -2.33. The molecular weight excluding hydrogens is 254 g/mol. The van der Waals surface area contributed by atoms with E-state index in [2.05, 4.69) is 32.3 Å². The fourth-order valence-electron chi connectivity index (χ4n) is 2.40. The minimum atomic E-state index is -0.155. The van der Waals surface area contributed by atoms with Crippen molar-refractivity contribution in [3.05, 3.63) is 24.3 Å². The predicted octanol–water partition coefficient (Wildman–Crippen LogP) is 2.45. The molecule has 4 heteroatoms. The van der Waals surface area contributed by atoms with E-state index >= 15 is 0 Å². The molecule has 20 heavy (non-hydrogen) atoms. The molecule has 0 aromatic rings. The smallest absolute Gasteiger partial charge is 0.136 e. The SMILES string of the molecule is C=C1CC(OCNC(C=O)CC(C)C)[C@@H](OC)CC1=C. The monoisotopic (exact) mass is 281 g/mol. The predicted molar refractivity (Wildman–Crippen MR) is 80.5 cm³/mol. The van der Waals surface area contributed by atoms with Gasteiger partial charge in [-0.2, -0.15) is 0 Å². The third-order valence-corrected chi connectivity index (χ3v) is 3.65. The van der Waals surface area contributed by atoms with E-state index in [1.165, 1.54) is 0 Å². The number of hydrogen-bond donors (Lipinski definition) is 1. The van der Waals surface area contributed by atoms with Gasteiger partial charge in [-0.15, -0.1) is 0 Å². The first-order chi connectivity index (χ1) is 9.47. The third kappa shape index (κ3) is 5.19. The molecule has 3 atom stereocenters. The van der Waals surface area contributed by atoms with Gasteiger partial charge in [0.2, 0.25) is 0 Å². The van der Waals surface area contributed by atoms with Crippen LogP contribution in [0.5, 0.6) is 0 Å². The van der Waals surface area contributed by atoms with E-state index in [9.17, 15) is 4.79 Å². The highest BCUT2D eigenvalue weighted by molar-refractivity contribution is 5.57. The summed E-state index contributed by atoms with van der Waals surface area (Å²) in [7, 11) is 1.68. The van der Waals surface area contributed by atoms with Crippen LogP contribution in [0.25, 0.3) is 0 Å². The molecular formula is C16H27NO3. The highest BCUT2D eigenvalue weighted by Crippen LogP contribution is 2.30. The molecule has 0 bridgehead atoms. The number of carbonyl (C=O) groups is 1. The Morgan fingerprint density at radius 2 is 1.90 bits per heavy atom. The average molecular weight is 281 g/mol. The molecule has 0 saturated heterocycles. The maximum absolute atomic E-state index is 11.0. The minimum Gasteiger partial charge on any atom is -0.378 e. The van der Waals surface area contributed by atoms with Gasteiger partial charge in [0.25, 0.3) is 0 Å². The van der Waals surface area contributed by atoms with Gasteiger partial charge in [-0.25, -0.2) is 0 Å². The zero-order chi connectivity index (χ0) is 15.1. The molecule has 0 spiro atoms. The second-order valence-corrected chi connectivity index (χ2v) is 5.82. The van der Waals surface area contributed by atoms with E-state index in [4.69, 9.17) is 9.47 Å². The largest absolute Gasteiger partial charge is 0.378 e. The van der Waals surface area contributed by atoms with E-state index in [1.807, 2.05) is 0 Å². The molecule has 1 fully saturated rings. The van der Waals surface area contributed by atoms with Crippen molar-refractivity contribution in [2.45, 2.75) is 51.4 Å². The zero-order valence-corrected chi connectivity index (χ0v) is 12.9. The number of nitrogens with one attached hydrogen (secondary N) is 1. The van der Waals surface area contributed by atoms with Gasteiger partial charge in [-0.05, 0) is 23.5 Å². The van der Waals surface area contributed by atoms with Crippen LogP contribution >= 0.6 is 0 Å². The molecule has 0 amide bonds. The molecule has 0 heterocycles. The van der Waals surface area contributed by atoms with E-state index < -0.39 is 0 Å². The fourth-order valence-corrected chi connectivity index (χ4v) is 2.40. The van der Waals surface area contributed by atoms with Gasteiger partial charge in [0.05, 0.1) is 25.0 Å². The molecule has 114 valence electrons. The first kappa shape index (κ1) is 17.1. The molecule has 1 aliphatic rings. The van der Waals surface area contributed by atoms with Crippen molar-refractivity contribution in [2.75, 3.05) is 13.8 Å². The van der Waals surface area contributed by atoms with Crippen molar-refractivity contribution in [1.29, 1.82) is 0 Å². The molecule has 2 unspecified atom stereocenters. The summed E-state index contributed by atoms with van der Waals surface area (Å²) in [6, 6.07) is -0.155. The van der Waals surface area contributed by atoms with Crippen LogP contribution in [-0.4, -0.2) is 38.4 Å². The fraction of sp³-hybridized carbons (Fsp3) is 0.688. The van der Waals surface area contributed by atoms with Gasteiger partial charge < -0.3 is 14.3 Å². The Morgan fingerprint density at radius 1 is 1.30 bits per heavy atom. The van der Waals surface area contributed by atoms with Crippen LogP contribution < -0.4 is 5.32 Å². The Hall–Kier alpha value is -0.970. The Labute approximate surface area is 122 Å². The summed E-state index contributed by atoms with van der Waals surface area (Å²) in [5.41, 5.74) is 2.06. The summed E-state index contributed by atoms with van der Waals surface area (Å²) in [4.78, 5) is 11.0. The lowest BCUT2D eigenvalue weighted by atomic mass is 9.87. The van der Waals surface area contributed by atoms with E-state index in [-0.39, 0.29) is 18.2 Å².